The van der Waals surface area contributed by atoms with Crippen LogP contribution in [-0.2, 0) is 11.3 Å². The molecule has 2 aromatic rings. The molecule has 5 nitrogen and oxygen atoms in total. The first kappa shape index (κ1) is 15.3. The molecule has 1 amide bonds. The zero-order valence-corrected chi connectivity index (χ0v) is 13.0. The number of nitrogens with zero attached hydrogens (tertiary/aromatic N) is 2. The number of amides is 1. The van der Waals surface area contributed by atoms with Gasteiger partial charge < -0.3 is 10.3 Å². The Morgan fingerprint density at radius 3 is 2.81 bits per heavy atom. The van der Waals surface area contributed by atoms with Crippen LogP contribution in [0.2, 0.25) is 0 Å². The SMILES string of the molecule is Cc1cccc(NC(=O)C(C)N(C)Cc2ncc(C)[nH]2)c1. The van der Waals surface area contributed by atoms with Crippen molar-refractivity contribution < 1.29 is 4.79 Å². The topological polar surface area (TPSA) is 61.0 Å². The van der Waals surface area contributed by atoms with E-state index in [1.54, 1.807) is 6.20 Å². The molecule has 0 saturated heterocycles. The average Bonchev–Trinajstić information content (AvgIpc) is 2.83. The number of aromatic amines is 1. The van der Waals surface area contributed by atoms with Gasteiger partial charge in [-0.25, -0.2) is 4.98 Å². The molecular weight excluding hydrogens is 264 g/mol. The van der Waals surface area contributed by atoms with Gasteiger partial charge in [-0.05, 0) is 45.5 Å². The number of carbonyl (C=O) groups is 1. The monoisotopic (exact) mass is 286 g/mol. The summed E-state index contributed by atoms with van der Waals surface area (Å²) in [7, 11) is 1.92. The Hall–Kier alpha value is -2.14. The van der Waals surface area contributed by atoms with Crippen LogP contribution >= 0.6 is 0 Å². The first-order valence-corrected chi connectivity index (χ1v) is 7.04. The van der Waals surface area contributed by atoms with Crippen molar-refractivity contribution in [1.82, 2.24) is 14.9 Å². The lowest BCUT2D eigenvalue weighted by Gasteiger charge is -2.23. The summed E-state index contributed by atoms with van der Waals surface area (Å²) in [6.07, 6.45) is 1.79. The molecule has 2 rings (SSSR count). The van der Waals surface area contributed by atoms with Crippen LogP contribution in [0.25, 0.3) is 0 Å². The Balaban J connectivity index is 1.95. The fourth-order valence-electron chi connectivity index (χ4n) is 2.09. The largest absolute Gasteiger partial charge is 0.345 e. The van der Waals surface area contributed by atoms with Gasteiger partial charge >= 0.3 is 0 Å². The second kappa shape index (κ2) is 6.54. The molecule has 0 aliphatic carbocycles. The number of hydrogen-bond donors (Lipinski definition) is 2. The molecule has 1 heterocycles. The van der Waals surface area contributed by atoms with E-state index in [1.807, 2.05) is 57.0 Å². The molecule has 0 fully saturated rings. The van der Waals surface area contributed by atoms with Crippen LogP contribution in [0.1, 0.15) is 24.0 Å². The lowest BCUT2D eigenvalue weighted by Crippen LogP contribution is -2.39. The summed E-state index contributed by atoms with van der Waals surface area (Å²) < 4.78 is 0. The number of likely N-dealkylation sites (N-methyl/N-ethyl adjacent to an activating group) is 1. The van der Waals surface area contributed by atoms with Gasteiger partial charge in [0, 0.05) is 17.6 Å². The van der Waals surface area contributed by atoms with Gasteiger partial charge in [0.2, 0.25) is 5.91 Å². The van der Waals surface area contributed by atoms with Crippen LogP contribution < -0.4 is 5.32 Å². The highest BCUT2D eigenvalue weighted by atomic mass is 16.2. The van der Waals surface area contributed by atoms with E-state index < -0.39 is 0 Å². The number of imidazole rings is 1. The van der Waals surface area contributed by atoms with Crippen molar-refractivity contribution in [3.63, 3.8) is 0 Å². The normalized spacial score (nSPS) is 12.4. The van der Waals surface area contributed by atoms with Crippen molar-refractivity contribution in [1.29, 1.82) is 0 Å². The Morgan fingerprint density at radius 1 is 1.43 bits per heavy atom. The molecule has 5 heteroatoms. The van der Waals surface area contributed by atoms with E-state index in [-0.39, 0.29) is 11.9 Å². The predicted octanol–water partition coefficient (Wildman–Crippen LogP) is 2.49. The molecule has 0 bridgehead atoms. The molecule has 0 spiro atoms. The summed E-state index contributed by atoms with van der Waals surface area (Å²) in [5.74, 6) is 0.844. The van der Waals surface area contributed by atoms with Crippen molar-refractivity contribution in [3.05, 3.63) is 47.5 Å². The summed E-state index contributed by atoms with van der Waals surface area (Å²) in [5, 5.41) is 2.94. The number of aromatic nitrogens is 2. The summed E-state index contributed by atoms with van der Waals surface area (Å²) in [6, 6.07) is 7.56. The van der Waals surface area contributed by atoms with Gasteiger partial charge in [0.15, 0.2) is 0 Å². The Bertz CT molecular complexity index is 620. The molecule has 1 aromatic carbocycles. The minimum absolute atomic E-state index is 0.0219. The molecule has 0 saturated carbocycles. The quantitative estimate of drug-likeness (QED) is 0.887. The highest BCUT2D eigenvalue weighted by Gasteiger charge is 2.19. The zero-order chi connectivity index (χ0) is 15.4. The highest BCUT2D eigenvalue weighted by molar-refractivity contribution is 5.94. The number of hydrogen-bond acceptors (Lipinski definition) is 3. The molecule has 0 aliphatic heterocycles. The predicted molar refractivity (Wildman–Crippen MR) is 84.1 cm³/mol. The van der Waals surface area contributed by atoms with Gasteiger partial charge in [-0.3, -0.25) is 9.69 Å². The summed E-state index contributed by atoms with van der Waals surface area (Å²) in [5.41, 5.74) is 2.98. The van der Waals surface area contributed by atoms with Crippen molar-refractivity contribution in [2.45, 2.75) is 33.4 Å². The Kier molecular flexibility index (Phi) is 4.75. The van der Waals surface area contributed by atoms with E-state index in [0.717, 1.165) is 22.8 Å². The second-order valence-electron chi connectivity index (χ2n) is 5.46. The maximum Gasteiger partial charge on any atom is 0.241 e. The van der Waals surface area contributed by atoms with Gasteiger partial charge in [0.05, 0.1) is 12.6 Å². The highest BCUT2D eigenvalue weighted by Crippen LogP contribution is 2.11. The van der Waals surface area contributed by atoms with E-state index in [1.165, 1.54) is 0 Å². The Morgan fingerprint density at radius 2 is 2.19 bits per heavy atom. The number of aryl methyl sites for hydroxylation is 2. The van der Waals surface area contributed by atoms with E-state index in [9.17, 15) is 4.79 Å². The lowest BCUT2D eigenvalue weighted by molar-refractivity contribution is -0.120. The smallest absolute Gasteiger partial charge is 0.241 e. The van der Waals surface area contributed by atoms with E-state index in [0.29, 0.717) is 6.54 Å². The van der Waals surface area contributed by atoms with E-state index >= 15 is 0 Å². The molecular formula is C16H22N4O. The number of carbonyl (C=O) groups excluding carboxylic acids is 1. The van der Waals surface area contributed by atoms with Crippen LogP contribution in [0.15, 0.2) is 30.5 Å². The second-order valence-corrected chi connectivity index (χ2v) is 5.46. The fraction of sp³-hybridized carbons (Fsp3) is 0.375. The van der Waals surface area contributed by atoms with Crippen LogP contribution in [0.5, 0.6) is 0 Å². The number of H-pyrrole nitrogens is 1. The molecule has 1 aromatic heterocycles. The number of nitrogens with one attached hydrogen (secondary N) is 2. The van der Waals surface area contributed by atoms with Gasteiger partial charge in [-0.15, -0.1) is 0 Å². The van der Waals surface area contributed by atoms with Gasteiger partial charge in [0.1, 0.15) is 5.82 Å². The molecule has 0 radical (unpaired) electrons. The first-order chi connectivity index (χ1) is 9.95. The van der Waals surface area contributed by atoms with Crippen molar-refractivity contribution in [2.75, 3.05) is 12.4 Å². The summed E-state index contributed by atoms with van der Waals surface area (Å²) in [4.78, 5) is 21.7. The van der Waals surface area contributed by atoms with Crippen molar-refractivity contribution >= 4 is 11.6 Å². The van der Waals surface area contributed by atoms with Crippen molar-refractivity contribution in [2.24, 2.45) is 0 Å². The third-order valence-electron chi connectivity index (χ3n) is 3.48. The zero-order valence-electron chi connectivity index (χ0n) is 13.0. The average molecular weight is 286 g/mol. The third-order valence-corrected chi connectivity index (χ3v) is 3.48. The fourth-order valence-corrected chi connectivity index (χ4v) is 2.09. The lowest BCUT2D eigenvalue weighted by atomic mass is 10.2. The van der Waals surface area contributed by atoms with Gasteiger partial charge in [0.25, 0.3) is 0 Å². The summed E-state index contributed by atoms with van der Waals surface area (Å²) >= 11 is 0. The van der Waals surface area contributed by atoms with Gasteiger partial charge in [-0.2, -0.15) is 0 Å². The molecule has 1 unspecified atom stereocenters. The number of rotatable bonds is 5. The minimum Gasteiger partial charge on any atom is -0.345 e. The van der Waals surface area contributed by atoms with Crippen molar-refractivity contribution in [3.8, 4) is 0 Å². The maximum absolute atomic E-state index is 12.3. The standard InChI is InChI=1S/C16H22N4O/c1-11-6-5-7-14(8-11)19-16(21)13(3)20(4)10-15-17-9-12(2)18-15/h5-9,13H,10H2,1-4H3,(H,17,18)(H,19,21). The van der Waals surface area contributed by atoms with Crippen LogP contribution in [0.3, 0.4) is 0 Å². The minimum atomic E-state index is -0.240. The van der Waals surface area contributed by atoms with Crippen LogP contribution in [-0.4, -0.2) is 33.9 Å². The number of anilines is 1. The van der Waals surface area contributed by atoms with E-state index in [2.05, 4.69) is 15.3 Å². The molecule has 2 N–H and O–H groups in total. The molecule has 112 valence electrons. The first-order valence-electron chi connectivity index (χ1n) is 7.04. The third kappa shape index (κ3) is 4.16. The van der Waals surface area contributed by atoms with Crippen LogP contribution in [0, 0.1) is 13.8 Å². The number of benzene rings is 1. The molecule has 21 heavy (non-hydrogen) atoms. The van der Waals surface area contributed by atoms with E-state index in [4.69, 9.17) is 0 Å². The molecule has 1 atom stereocenters. The maximum atomic E-state index is 12.3. The summed E-state index contributed by atoms with van der Waals surface area (Å²) in [6.45, 7) is 6.46. The molecule has 0 aliphatic rings. The Labute approximate surface area is 125 Å². The van der Waals surface area contributed by atoms with Crippen LogP contribution in [0.4, 0.5) is 5.69 Å². The van der Waals surface area contributed by atoms with Gasteiger partial charge in [-0.1, -0.05) is 12.1 Å².